The van der Waals surface area contributed by atoms with E-state index in [-0.39, 0.29) is 24.0 Å². The van der Waals surface area contributed by atoms with Crippen LogP contribution in [0.4, 0.5) is 0 Å². The predicted molar refractivity (Wildman–Crippen MR) is 58.5 cm³/mol. The van der Waals surface area contributed by atoms with Gasteiger partial charge in [0.05, 0.1) is 12.1 Å². The summed E-state index contributed by atoms with van der Waals surface area (Å²) < 4.78 is 1.14. The molecule has 0 bridgehead atoms. The standard InChI is InChI=1S/C12H22N.HI/c1-9(2)13(10(3)4)7-11(5)12(6)8-13;/h9-10H,5-8H2,1-4H3;1H/q+1;/p-1. The Labute approximate surface area is 105 Å². The normalized spacial score (nSPS) is 20.4. The Kier molecular flexibility index (Phi) is 4.85. The number of quaternary nitrogens is 1. The summed E-state index contributed by atoms with van der Waals surface area (Å²) >= 11 is 0. The summed E-state index contributed by atoms with van der Waals surface area (Å²) in [5.41, 5.74) is 2.50. The second kappa shape index (κ2) is 4.79. The molecular weight excluding hydrogens is 285 g/mol. The topological polar surface area (TPSA) is 0 Å². The second-order valence-corrected chi connectivity index (χ2v) is 4.81. The number of halogens is 1. The van der Waals surface area contributed by atoms with E-state index < -0.39 is 0 Å². The zero-order valence-electron chi connectivity index (χ0n) is 9.81. The molecule has 0 aromatic heterocycles. The first-order chi connectivity index (χ1) is 5.90. The molecule has 0 amide bonds. The van der Waals surface area contributed by atoms with Crippen molar-refractivity contribution in [2.45, 2.75) is 39.8 Å². The van der Waals surface area contributed by atoms with Crippen LogP contribution in [0.25, 0.3) is 0 Å². The maximum atomic E-state index is 4.08. The molecule has 0 atom stereocenters. The molecule has 0 saturated carbocycles. The maximum Gasteiger partial charge on any atom is 0.105 e. The molecule has 0 aromatic carbocycles. The third-order valence-electron chi connectivity index (χ3n) is 3.53. The van der Waals surface area contributed by atoms with Gasteiger partial charge in [0, 0.05) is 11.1 Å². The van der Waals surface area contributed by atoms with E-state index in [9.17, 15) is 0 Å². The summed E-state index contributed by atoms with van der Waals surface area (Å²) in [4.78, 5) is 0. The minimum atomic E-state index is 0. The summed E-state index contributed by atoms with van der Waals surface area (Å²) in [7, 11) is 0. The van der Waals surface area contributed by atoms with Gasteiger partial charge in [0.25, 0.3) is 0 Å². The quantitative estimate of drug-likeness (QED) is 0.488. The van der Waals surface area contributed by atoms with Gasteiger partial charge in [-0.3, -0.25) is 0 Å². The summed E-state index contributed by atoms with van der Waals surface area (Å²) in [5, 5.41) is 0. The van der Waals surface area contributed by atoms with Crippen LogP contribution in [0.5, 0.6) is 0 Å². The van der Waals surface area contributed by atoms with Crippen LogP contribution in [0.3, 0.4) is 0 Å². The summed E-state index contributed by atoms with van der Waals surface area (Å²) in [6.07, 6.45) is 0. The fraction of sp³-hybridized carbons (Fsp3) is 0.667. The number of rotatable bonds is 2. The van der Waals surface area contributed by atoms with Gasteiger partial charge >= 0.3 is 0 Å². The van der Waals surface area contributed by atoms with Gasteiger partial charge in [-0.15, -0.1) is 0 Å². The van der Waals surface area contributed by atoms with E-state index in [2.05, 4.69) is 40.9 Å². The Morgan fingerprint density at radius 1 is 0.929 bits per heavy atom. The van der Waals surface area contributed by atoms with E-state index in [1.807, 2.05) is 0 Å². The van der Waals surface area contributed by atoms with Crippen molar-refractivity contribution in [2.24, 2.45) is 0 Å². The minimum Gasteiger partial charge on any atom is -1.00 e. The van der Waals surface area contributed by atoms with Gasteiger partial charge in [-0.25, -0.2) is 0 Å². The Morgan fingerprint density at radius 3 is 1.36 bits per heavy atom. The van der Waals surface area contributed by atoms with Gasteiger partial charge in [-0.1, -0.05) is 13.2 Å². The van der Waals surface area contributed by atoms with Crippen molar-refractivity contribution in [3.8, 4) is 0 Å². The highest BCUT2D eigenvalue weighted by Crippen LogP contribution is 2.32. The van der Waals surface area contributed by atoms with Crippen LogP contribution < -0.4 is 24.0 Å². The first-order valence-electron chi connectivity index (χ1n) is 5.12. The van der Waals surface area contributed by atoms with E-state index >= 15 is 0 Å². The fourth-order valence-electron chi connectivity index (χ4n) is 2.32. The zero-order chi connectivity index (χ0) is 10.2. The molecule has 0 spiro atoms. The number of hydrogen-bond donors (Lipinski definition) is 0. The molecular formula is C12H22IN. The Hall–Kier alpha value is 0.170. The third-order valence-corrected chi connectivity index (χ3v) is 3.53. The number of nitrogens with zero attached hydrogens (tertiary/aromatic N) is 1. The van der Waals surface area contributed by atoms with Gasteiger partial charge in [0.1, 0.15) is 13.1 Å². The zero-order valence-corrected chi connectivity index (χ0v) is 12.0. The molecule has 1 aliphatic heterocycles. The highest BCUT2D eigenvalue weighted by Gasteiger charge is 2.41. The highest BCUT2D eigenvalue weighted by molar-refractivity contribution is 5.29. The number of likely N-dealkylation sites (tertiary alicyclic amines) is 1. The van der Waals surface area contributed by atoms with Crippen molar-refractivity contribution in [1.29, 1.82) is 0 Å². The van der Waals surface area contributed by atoms with Crippen molar-refractivity contribution in [2.75, 3.05) is 13.1 Å². The molecule has 0 N–H and O–H groups in total. The molecule has 0 aromatic rings. The first-order valence-corrected chi connectivity index (χ1v) is 5.12. The van der Waals surface area contributed by atoms with Gasteiger partial charge in [0.15, 0.2) is 0 Å². The van der Waals surface area contributed by atoms with E-state index in [1.54, 1.807) is 0 Å². The largest absolute Gasteiger partial charge is 1.00 e. The van der Waals surface area contributed by atoms with Crippen molar-refractivity contribution < 1.29 is 28.5 Å². The molecule has 14 heavy (non-hydrogen) atoms. The van der Waals surface area contributed by atoms with Crippen LogP contribution >= 0.6 is 0 Å². The van der Waals surface area contributed by atoms with Crippen molar-refractivity contribution >= 4 is 0 Å². The molecule has 0 radical (unpaired) electrons. The monoisotopic (exact) mass is 307 g/mol. The van der Waals surface area contributed by atoms with Gasteiger partial charge < -0.3 is 28.5 Å². The molecule has 1 nitrogen and oxygen atoms in total. The lowest BCUT2D eigenvalue weighted by Crippen LogP contribution is -3.00. The Morgan fingerprint density at radius 2 is 1.21 bits per heavy atom. The van der Waals surface area contributed by atoms with Crippen molar-refractivity contribution in [1.82, 2.24) is 0 Å². The van der Waals surface area contributed by atoms with Gasteiger partial charge in [0.2, 0.25) is 0 Å². The average molecular weight is 307 g/mol. The molecule has 0 aliphatic carbocycles. The lowest BCUT2D eigenvalue weighted by molar-refractivity contribution is -0.951. The molecule has 1 saturated heterocycles. The lowest BCUT2D eigenvalue weighted by Gasteiger charge is -2.41. The predicted octanol–water partition coefficient (Wildman–Crippen LogP) is -0.250. The smallest absolute Gasteiger partial charge is 0.105 e. The van der Waals surface area contributed by atoms with E-state index in [1.165, 1.54) is 11.1 Å². The van der Waals surface area contributed by atoms with Crippen molar-refractivity contribution in [3.63, 3.8) is 0 Å². The molecule has 1 rings (SSSR count). The summed E-state index contributed by atoms with van der Waals surface area (Å²) in [5.74, 6) is 0. The molecule has 82 valence electrons. The van der Waals surface area contributed by atoms with Crippen LogP contribution in [0.1, 0.15) is 27.7 Å². The van der Waals surface area contributed by atoms with Crippen LogP contribution in [0, 0.1) is 0 Å². The fourth-order valence-corrected chi connectivity index (χ4v) is 2.32. The Balaban J connectivity index is 0.00000169. The summed E-state index contributed by atoms with van der Waals surface area (Å²) in [6.45, 7) is 19.5. The van der Waals surface area contributed by atoms with E-state index in [4.69, 9.17) is 0 Å². The molecule has 1 fully saturated rings. The lowest BCUT2D eigenvalue weighted by atomic mass is 10.1. The SMILES string of the molecule is C=C1C[N+](C(C)C)(C(C)C)CC1=C.[I-]. The Bertz CT molecular complexity index is 215. The molecule has 1 aliphatic rings. The van der Waals surface area contributed by atoms with Crippen LogP contribution in [-0.2, 0) is 0 Å². The van der Waals surface area contributed by atoms with E-state index in [0.717, 1.165) is 17.6 Å². The van der Waals surface area contributed by atoms with Crippen LogP contribution in [-0.4, -0.2) is 29.7 Å². The number of hydrogen-bond acceptors (Lipinski definition) is 0. The minimum absolute atomic E-state index is 0. The van der Waals surface area contributed by atoms with Crippen LogP contribution in [0.15, 0.2) is 24.3 Å². The average Bonchev–Trinajstić information content (AvgIpc) is 2.29. The van der Waals surface area contributed by atoms with Gasteiger partial charge in [-0.05, 0) is 27.7 Å². The van der Waals surface area contributed by atoms with Crippen molar-refractivity contribution in [3.05, 3.63) is 24.3 Å². The molecule has 1 heterocycles. The molecule has 0 unspecified atom stereocenters. The highest BCUT2D eigenvalue weighted by atomic mass is 127. The van der Waals surface area contributed by atoms with Crippen LogP contribution in [0.2, 0.25) is 0 Å². The van der Waals surface area contributed by atoms with E-state index in [0.29, 0.717) is 12.1 Å². The molecule has 2 heteroatoms. The maximum absolute atomic E-state index is 4.08. The second-order valence-electron chi connectivity index (χ2n) is 4.81. The summed E-state index contributed by atoms with van der Waals surface area (Å²) in [6, 6.07) is 1.33. The van der Waals surface area contributed by atoms with Gasteiger partial charge in [-0.2, -0.15) is 0 Å². The first kappa shape index (κ1) is 14.2. The third kappa shape index (κ3) is 2.22.